The van der Waals surface area contributed by atoms with Gasteiger partial charge in [-0.05, 0) is 56.5 Å². The maximum atomic E-state index is 12.8. The van der Waals surface area contributed by atoms with Crippen LogP contribution in [0.25, 0.3) is 0 Å². The fourth-order valence-corrected chi connectivity index (χ4v) is 4.11. The average Bonchev–Trinajstić information content (AvgIpc) is 3.02. The quantitative estimate of drug-likeness (QED) is 0.862. The van der Waals surface area contributed by atoms with Crippen molar-refractivity contribution in [2.75, 3.05) is 32.0 Å². The van der Waals surface area contributed by atoms with Crippen molar-refractivity contribution in [3.05, 3.63) is 29.3 Å². The highest BCUT2D eigenvalue weighted by atomic mass is 35.5. The van der Waals surface area contributed by atoms with Gasteiger partial charge in [0, 0.05) is 43.0 Å². The number of benzene rings is 1. The van der Waals surface area contributed by atoms with Gasteiger partial charge in [-0.25, -0.2) is 0 Å². The summed E-state index contributed by atoms with van der Waals surface area (Å²) in [6.07, 6.45) is 4.68. The van der Waals surface area contributed by atoms with Crippen molar-refractivity contribution in [2.45, 2.75) is 37.8 Å². The summed E-state index contributed by atoms with van der Waals surface area (Å²) < 4.78 is 0. The molecule has 0 saturated carbocycles. The Bertz CT molecular complexity index is 577. The number of nitrogens with zero attached hydrogens (tertiary/aromatic N) is 2. The number of fused-ring (bicyclic) bond motifs is 3. The van der Waals surface area contributed by atoms with E-state index < -0.39 is 0 Å². The third-order valence-electron chi connectivity index (χ3n) is 5.50. The standard InChI is InChI=1S/C17H23N3O.ClH/c1-19-14-3-4-15(19)11-20(9-7-14)17(21)13-2-5-16-12(10-13)6-8-18-16;/h2,5,10,14-15,18H,3-4,6-9,11H2,1H3;1H. The third kappa shape index (κ3) is 2.59. The lowest BCUT2D eigenvalue weighted by atomic mass is 10.1. The van der Waals surface area contributed by atoms with Crippen molar-refractivity contribution in [2.24, 2.45) is 0 Å². The summed E-state index contributed by atoms with van der Waals surface area (Å²) >= 11 is 0. The molecule has 1 amide bonds. The summed E-state index contributed by atoms with van der Waals surface area (Å²) in [5, 5.41) is 3.35. The molecule has 2 atom stereocenters. The minimum Gasteiger partial charge on any atom is -0.384 e. The molecule has 120 valence electrons. The lowest BCUT2D eigenvalue weighted by Gasteiger charge is -2.26. The lowest BCUT2D eigenvalue weighted by Crippen LogP contribution is -2.39. The first-order chi connectivity index (χ1) is 10.2. The van der Waals surface area contributed by atoms with E-state index in [9.17, 15) is 4.79 Å². The van der Waals surface area contributed by atoms with Gasteiger partial charge in [0.25, 0.3) is 5.91 Å². The molecule has 4 nitrogen and oxygen atoms in total. The number of hydrogen-bond acceptors (Lipinski definition) is 3. The zero-order valence-corrected chi connectivity index (χ0v) is 13.9. The van der Waals surface area contributed by atoms with Crippen LogP contribution in [0.5, 0.6) is 0 Å². The third-order valence-corrected chi connectivity index (χ3v) is 5.50. The van der Waals surface area contributed by atoms with Crippen LogP contribution in [-0.2, 0) is 6.42 Å². The first-order valence-corrected chi connectivity index (χ1v) is 8.10. The highest BCUT2D eigenvalue weighted by Crippen LogP contribution is 2.29. The molecule has 3 heterocycles. The molecular formula is C17H24ClN3O. The molecule has 1 N–H and O–H groups in total. The summed E-state index contributed by atoms with van der Waals surface area (Å²) in [5.41, 5.74) is 3.34. The van der Waals surface area contributed by atoms with Gasteiger partial charge in [-0.15, -0.1) is 12.4 Å². The van der Waals surface area contributed by atoms with E-state index in [4.69, 9.17) is 0 Å². The van der Waals surface area contributed by atoms with Crippen molar-refractivity contribution in [3.63, 3.8) is 0 Å². The number of carbonyl (C=O) groups excluding carboxylic acids is 1. The second kappa shape index (κ2) is 6.09. The van der Waals surface area contributed by atoms with Gasteiger partial charge in [0.15, 0.2) is 0 Å². The van der Waals surface area contributed by atoms with Crippen LogP contribution < -0.4 is 5.32 Å². The Hall–Kier alpha value is -1.26. The Morgan fingerprint density at radius 1 is 1.23 bits per heavy atom. The second-order valence-corrected chi connectivity index (χ2v) is 6.64. The number of likely N-dealkylation sites (tertiary alicyclic amines) is 1. The Kier molecular flexibility index (Phi) is 4.33. The first-order valence-electron chi connectivity index (χ1n) is 8.10. The topological polar surface area (TPSA) is 35.6 Å². The van der Waals surface area contributed by atoms with Crippen LogP contribution in [0.2, 0.25) is 0 Å². The molecule has 2 bridgehead atoms. The second-order valence-electron chi connectivity index (χ2n) is 6.64. The van der Waals surface area contributed by atoms with Crippen LogP contribution in [0.3, 0.4) is 0 Å². The fourth-order valence-electron chi connectivity index (χ4n) is 4.11. The zero-order chi connectivity index (χ0) is 14.4. The lowest BCUT2D eigenvalue weighted by molar-refractivity contribution is 0.0740. The zero-order valence-electron chi connectivity index (χ0n) is 13.0. The van der Waals surface area contributed by atoms with Gasteiger partial charge in [0.1, 0.15) is 0 Å². The average molecular weight is 322 g/mol. The molecule has 2 saturated heterocycles. The Morgan fingerprint density at radius 2 is 2.05 bits per heavy atom. The highest BCUT2D eigenvalue weighted by molar-refractivity contribution is 5.95. The molecule has 22 heavy (non-hydrogen) atoms. The molecule has 0 radical (unpaired) electrons. The minimum absolute atomic E-state index is 0. The molecule has 0 aromatic heterocycles. The predicted molar refractivity (Wildman–Crippen MR) is 91.0 cm³/mol. The van der Waals surface area contributed by atoms with Crippen LogP contribution in [0, 0.1) is 0 Å². The molecular weight excluding hydrogens is 298 g/mol. The van der Waals surface area contributed by atoms with E-state index in [0.717, 1.165) is 38.0 Å². The summed E-state index contributed by atoms with van der Waals surface area (Å²) in [6, 6.07) is 7.36. The van der Waals surface area contributed by atoms with Crippen molar-refractivity contribution in [3.8, 4) is 0 Å². The molecule has 4 rings (SSSR count). The summed E-state index contributed by atoms with van der Waals surface area (Å²) in [5.74, 6) is 0.214. The number of halogens is 1. The predicted octanol–water partition coefficient (Wildman–Crippen LogP) is 2.39. The van der Waals surface area contributed by atoms with Crippen molar-refractivity contribution in [1.29, 1.82) is 0 Å². The van der Waals surface area contributed by atoms with Gasteiger partial charge in [-0.3, -0.25) is 9.69 Å². The first kappa shape index (κ1) is 15.6. The van der Waals surface area contributed by atoms with E-state index in [2.05, 4.69) is 34.3 Å². The maximum absolute atomic E-state index is 12.8. The molecule has 2 fully saturated rings. The molecule has 0 aliphatic carbocycles. The van der Waals surface area contributed by atoms with Crippen LogP contribution in [0.1, 0.15) is 35.2 Å². The van der Waals surface area contributed by atoms with Gasteiger partial charge in [0.2, 0.25) is 0 Å². The largest absolute Gasteiger partial charge is 0.384 e. The minimum atomic E-state index is 0. The van der Waals surface area contributed by atoms with Crippen LogP contribution in [0.4, 0.5) is 5.69 Å². The smallest absolute Gasteiger partial charge is 0.253 e. The Morgan fingerprint density at radius 3 is 2.91 bits per heavy atom. The molecule has 3 aliphatic rings. The maximum Gasteiger partial charge on any atom is 0.253 e. The van der Waals surface area contributed by atoms with E-state index in [-0.39, 0.29) is 18.3 Å². The summed E-state index contributed by atoms with van der Waals surface area (Å²) in [6.45, 7) is 2.78. The molecule has 0 spiro atoms. The van der Waals surface area contributed by atoms with Gasteiger partial charge in [-0.2, -0.15) is 0 Å². The Labute approximate surface area is 138 Å². The van der Waals surface area contributed by atoms with Crippen LogP contribution in [0.15, 0.2) is 18.2 Å². The van der Waals surface area contributed by atoms with E-state index >= 15 is 0 Å². The van der Waals surface area contributed by atoms with E-state index in [1.54, 1.807) is 0 Å². The fraction of sp³-hybridized carbons (Fsp3) is 0.588. The molecule has 1 aromatic carbocycles. The number of hydrogen-bond donors (Lipinski definition) is 1. The number of anilines is 1. The molecule has 3 aliphatic heterocycles. The van der Waals surface area contributed by atoms with Crippen molar-refractivity contribution in [1.82, 2.24) is 9.80 Å². The van der Waals surface area contributed by atoms with Crippen LogP contribution >= 0.6 is 12.4 Å². The number of likely N-dealkylation sites (N-methyl/N-ethyl adjacent to an activating group) is 1. The molecule has 1 aromatic rings. The van der Waals surface area contributed by atoms with Crippen molar-refractivity contribution >= 4 is 24.0 Å². The number of rotatable bonds is 1. The van der Waals surface area contributed by atoms with Gasteiger partial charge in [0.05, 0.1) is 0 Å². The summed E-state index contributed by atoms with van der Waals surface area (Å²) in [7, 11) is 2.22. The van der Waals surface area contributed by atoms with Crippen LogP contribution in [-0.4, -0.2) is 54.5 Å². The van der Waals surface area contributed by atoms with Gasteiger partial charge >= 0.3 is 0 Å². The van der Waals surface area contributed by atoms with E-state index in [1.807, 2.05) is 6.07 Å². The van der Waals surface area contributed by atoms with Crippen molar-refractivity contribution < 1.29 is 4.79 Å². The SMILES string of the molecule is CN1C2CCC1CN(C(=O)c1ccc3c(c1)CCN3)CC2.Cl. The highest BCUT2D eigenvalue weighted by Gasteiger charge is 2.36. The van der Waals surface area contributed by atoms with E-state index in [0.29, 0.717) is 12.1 Å². The monoisotopic (exact) mass is 321 g/mol. The molecule has 2 unspecified atom stereocenters. The van der Waals surface area contributed by atoms with Gasteiger partial charge in [-0.1, -0.05) is 0 Å². The number of amides is 1. The van der Waals surface area contributed by atoms with Gasteiger partial charge < -0.3 is 10.2 Å². The summed E-state index contributed by atoms with van der Waals surface area (Å²) in [4.78, 5) is 17.4. The Balaban J connectivity index is 0.00000144. The molecule has 5 heteroatoms. The number of carbonyl (C=O) groups is 1. The van der Waals surface area contributed by atoms with E-state index in [1.165, 1.54) is 24.1 Å². The number of nitrogens with one attached hydrogen (secondary N) is 1. The normalized spacial score (nSPS) is 26.9.